The molecule has 0 fully saturated rings. The maximum Gasteiger partial charge on any atom is 0.247 e. The van der Waals surface area contributed by atoms with Crippen molar-refractivity contribution in [2.75, 3.05) is 18.2 Å². The highest BCUT2D eigenvalue weighted by Crippen LogP contribution is 2.42. The van der Waals surface area contributed by atoms with Gasteiger partial charge in [0.15, 0.2) is 11.9 Å². The van der Waals surface area contributed by atoms with Crippen LogP contribution in [0.5, 0.6) is 11.6 Å². The first-order chi connectivity index (χ1) is 15.7. The van der Waals surface area contributed by atoms with Gasteiger partial charge in [0.2, 0.25) is 11.0 Å². The topological polar surface area (TPSA) is 69.2 Å². The number of methoxy groups -OCH3 is 1. The number of anilines is 1. The second kappa shape index (κ2) is 8.96. The first-order valence-electron chi connectivity index (χ1n) is 10.3. The van der Waals surface area contributed by atoms with Crippen LogP contribution in [-0.4, -0.2) is 28.0 Å². The van der Waals surface area contributed by atoms with Crippen molar-refractivity contribution in [2.24, 2.45) is 0 Å². The summed E-state index contributed by atoms with van der Waals surface area (Å²) in [7, 11) is 1.68. The summed E-state index contributed by atoms with van der Waals surface area (Å²) in [6.07, 6.45) is 0.566. The summed E-state index contributed by atoms with van der Waals surface area (Å²) in [5.74, 6) is 2.21. The van der Waals surface area contributed by atoms with E-state index in [1.807, 2.05) is 42.5 Å². The molecule has 1 aliphatic rings. The lowest BCUT2D eigenvalue weighted by molar-refractivity contribution is 0.226. The summed E-state index contributed by atoms with van der Waals surface area (Å²) in [4.78, 5) is 4.72. The van der Waals surface area contributed by atoms with E-state index in [1.54, 1.807) is 18.9 Å². The molecule has 0 saturated heterocycles. The fourth-order valence-electron chi connectivity index (χ4n) is 3.77. The van der Waals surface area contributed by atoms with E-state index in [0.29, 0.717) is 16.7 Å². The Bertz CT molecular complexity index is 1300. The van der Waals surface area contributed by atoms with Crippen molar-refractivity contribution in [2.45, 2.75) is 24.7 Å². The van der Waals surface area contributed by atoms with E-state index < -0.39 is 6.23 Å². The van der Waals surface area contributed by atoms with E-state index in [9.17, 15) is 0 Å². The van der Waals surface area contributed by atoms with Crippen LogP contribution in [0.25, 0.3) is 22.0 Å². The Morgan fingerprint density at radius 3 is 2.75 bits per heavy atom. The van der Waals surface area contributed by atoms with E-state index in [0.717, 1.165) is 50.0 Å². The van der Waals surface area contributed by atoms with Gasteiger partial charge in [-0.25, -0.2) is 0 Å². The van der Waals surface area contributed by atoms with Crippen molar-refractivity contribution in [3.8, 4) is 22.9 Å². The van der Waals surface area contributed by atoms with Gasteiger partial charge >= 0.3 is 0 Å². The molecule has 1 aliphatic heterocycles. The van der Waals surface area contributed by atoms with Gasteiger partial charge in [-0.2, -0.15) is 4.98 Å². The maximum absolute atomic E-state index is 6.47. The van der Waals surface area contributed by atoms with Crippen LogP contribution < -0.4 is 14.8 Å². The fourth-order valence-corrected chi connectivity index (χ4v) is 4.76. The van der Waals surface area contributed by atoms with Crippen molar-refractivity contribution < 1.29 is 9.47 Å². The summed E-state index contributed by atoms with van der Waals surface area (Å²) in [6, 6.07) is 18.2. The molecule has 2 heterocycles. The Hall–Kier alpha value is -2.84. The van der Waals surface area contributed by atoms with E-state index >= 15 is 0 Å². The van der Waals surface area contributed by atoms with Gasteiger partial charge in [-0.05, 0) is 42.1 Å². The number of ether oxygens (including phenoxy) is 2. The normalized spacial score (nSPS) is 14.7. The Kier molecular flexibility index (Phi) is 5.89. The number of nitrogens with zero attached hydrogens (tertiary/aromatic N) is 3. The smallest absolute Gasteiger partial charge is 0.247 e. The molecule has 0 saturated carbocycles. The standard InChI is InChI=1S/C24H21BrN4O2S/c1-3-12-32-24-27-23-21(28-29-24)18-13-14(25)8-10-19(18)26-22(31-23)17-9-11-20(30-2)16-7-5-4-6-15(16)17/h4-11,13,22,26H,3,12H2,1-2H3/t22-/m1/s1. The molecule has 0 spiro atoms. The van der Waals surface area contributed by atoms with Crippen molar-refractivity contribution >= 4 is 44.2 Å². The van der Waals surface area contributed by atoms with Crippen LogP contribution in [0.1, 0.15) is 25.1 Å². The van der Waals surface area contributed by atoms with Gasteiger partial charge in [0.05, 0.1) is 7.11 Å². The predicted molar refractivity (Wildman–Crippen MR) is 131 cm³/mol. The van der Waals surface area contributed by atoms with Crippen LogP contribution in [0, 0.1) is 0 Å². The molecule has 5 rings (SSSR count). The first kappa shape index (κ1) is 21.0. The van der Waals surface area contributed by atoms with Gasteiger partial charge in [-0.1, -0.05) is 58.9 Å². The second-order valence-corrected chi connectivity index (χ2v) is 9.31. The fraction of sp³-hybridized carbons (Fsp3) is 0.208. The molecule has 1 N–H and O–H groups in total. The predicted octanol–water partition coefficient (Wildman–Crippen LogP) is 6.47. The highest BCUT2D eigenvalue weighted by molar-refractivity contribution is 9.10. The van der Waals surface area contributed by atoms with Crippen molar-refractivity contribution in [1.82, 2.24) is 15.2 Å². The third-order valence-electron chi connectivity index (χ3n) is 5.24. The highest BCUT2D eigenvalue weighted by atomic mass is 79.9. The molecule has 0 radical (unpaired) electrons. The minimum absolute atomic E-state index is 0.465. The van der Waals surface area contributed by atoms with E-state index in [1.165, 1.54) is 0 Å². The largest absolute Gasteiger partial charge is 0.496 e. The molecule has 4 aromatic rings. The lowest BCUT2D eigenvalue weighted by Crippen LogP contribution is -2.17. The van der Waals surface area contributed by atoms with Gasteiger partial charge in [-0.15, -0.1) is 10.2 Å². The molecule has 32 heavy (non-hydrogen) atoms. The van der Waals surface area contributed by atoms with Crippen molar-refractivity contribution in [3.05, 3.63) is 64.6 Å². The lowest BCUT2D eigenvalue weighted by Gasteiger charge is -2.21. The molecule has 6 nitrogen and oxygen atoms in total. The SMILES string of the molecule is CCCSc1nnc2c(n1)O[C@H](c1ccc(OC)c3ccccc13)Nc1ccc(Br)cc1-2. The molecular formula is C24H21BrN4O2S. The zero-order valence-corrected chi connectivity index (χ0v) is 20.0. The first-order valence-corrected chi connectivity index (χ1v) is 12.1. The quantitative estimate of drug-likeness (QED) is 0.309. The van der Waals surface area contributed by atoms with E-state index in [-0.39, 0.29) is 0 Å². The van der Waals surface area contributed by atoms with Crippen LogP contribution in [0.2, 0.25) is 0 Å². The molecule has 0 aliphatic carbocycles. The average molecular weight is 509 g/mol. The van der Waals surface area contributed by atoms with Crippen molar-refractivity contribution in [1.29, 1.82) is 0 Å². The molecule has 0 bridgehead atoms. The van der Waals surface area contributed by atoms with Gasteiger partial charge in [-0.3, -0.25) is 0 Å². The van der Waals surface area contributed by atoms with Gasteiger partial charge < -0.3 is 14.8 Å². The zero-order valence-electron chi connectivity index (χ0n) is 17.6. The number of fused-ring (bicyclic) bond motifs is 4. The molecule has 0 amide bonds. The number of benzene rings is 3. The van der Waals surface area contributed by atoms with E-state index in [4.69, 9.17) is 14.5 Å². The summed E-state index contributed by atoms with van der Waals surface area (Å²) >= 11 is 5.15. The number of thioether (sulfide) groups is 1. The van der Waals surface area contributed by atoms with E-state index in [2.05, 4.69) is 50.5 Å². The third-order valence-corrected chi connectivity index (χ3v) is 6.78. The average Bonchev–Trinajstić information content (AvgIpc) is 2.98. The molecular weight excluding hydrogens is 488 g/mol. The number of nitrogens with one attached hydrogen (secondary N) is 1. The van der Waals surface area contributed by atoms with Crippen molar-refractivity contribution in [3.63, 3.8) is 0 Å². The molecule has 8 heteroatoms. The lowest BCUT2D eigenvalue weighted by atomic mass is 10.0. The van der Waals surface area contributed by atoms with Crippen LogP contribution >= 0.6 is 27.7 Å². The molecule has 0 unspecified atom stereocenters. The second-order valence-electron chi connectivity index (χ2n) is 7.33. The number of halogens is 1. The van der Waals surface area contributed by atoms with Crippen LogP contribution in [0.3, 0.4) is 0 Å². The molecule has 1 aromatic heterocycles. The summed E-state index contributed by atoms with van der Waals surface area (Å²) in [5.41, 5.74) is 3.41. The minimum atomic E-state index is -0.465. The number of aromatic nitrogens is 3. The van der Waals surface area contributed by atoms with Gasteiger partial charge in [0, 0.05) is 32.4 Å². The van der Waals surface area contributed by atoms with Gasteiger partial charge in [0.1, 0.15) is 5.75 Å². The zero-order chi connectivity index (χ0) is 22.1. The summed E-state index contributed by atoms with van der Waals surface area (Å²) < 4.78 is 13.0. The Morgan fingerprint density at radius 2 is 1.94 bits per heavy atom. The maximum atomic E-state index is 6.47. The van der Waals surface area contributed by atoms with Crippen LogP contribution in [0.15, 0.2) is 64.2 Å². The Morgan fingerprint density at radius 1 is 1.09 bits per heavy atom. The van der Waals surface area contributed by atoms with Gasteiger partial charge in [0.25, 0.3) is 0 Å². The summed E-state index contributed by atoms with van der Waals surface area (Å²) in [6.45, 7) is 2.13. The van der Waals surface area contributed by atoms with Crippen LogP contribution in [0.4, 0.5) is 5.69 Å². The highest BCUT2D eigenvalue weighted by Gasteiger charge is 2.27. The van der Waals surface area contributed by atoms with Crippen LogP contribution in [-0.2, 0) is 0 Å². The number of hydrogen-bond donors (Lipinski definition) is 1. The molecule has 162 valence electrons. The number of rotatable bonds is 5. The Labute approximate surface area is 198 Å². The Balaban J connectivity index is 1.67. The summed E-state index contributed by atoms with van der Waals surface area (Å²) in [5, 5.41) is 15.1. The molecule has 1 atom stereocenters. The molecule has 3 aromatic carbocycles. The monoisotopic (exact) mass is 508 g/mol. The minimum Gasteiger partial charge on any atom is -0.496 e. The number of hydrogen-bond acceptors (Lipinski definition) is 7. The third kappa shape index (κ3) is 3.89.